The first-order valence-electron chi connectivity index (χ1n) is 7.24. The van der Waals surface area contributed by atoms with Crippen molar-refractivity contribution in [1.29, 1.82) is 0 Å². The molecule has 0 unspecified atom stereocenters. The van der Waals surface area contributed by atoms with Crippen LogP contribution in [0.5, 0.6) is 0 Å². The first-order chi connectivity index (χ1) is 10.7. The molecule has 1 aromatic rings. The molecule has 0 fully saturated rings. The molecule has 23 heavy (non-hydrogen) atoms. The number of nitro groups is 1. The van der Waals surface area contributed by atoms with Crippen LogP contribution in [0, 0.1) is 10.1 Å². The van der Waals surface area contributed by atoms with Crippen LogP contribution in [0.25, 0.3) is 0 Å². The second kappa shape index (κ2) is 8.11. The van der Waals surface area contributed by atoms with Gasteiger partial charge in [0.2, 0.25) is 11.8 Å². The van der Waals surface area contributed by atoms with Gasteiger partial charge < -0.3 is 16.0 Å². The van der Waals surface area contributed by atoms with Crippen molar-refractivity contribution in [3.05, 3.63) is 34.4 Å². The Morgan fingerprint density at radius 2 is 1.83 bits per heavy atom. The van der Waals surface area contributed by atoms with Crippen molar-refractivity contribution in [3.8, 4) is 0 Å². The topological polar surface area (TPSA) is 113 Å². The van der Waals surface area contributed by atoms with Gasteiger partial charge in [0, 0.05) is 24.6 Å². The molecule has 0 saturated heterocycles. The number of nitrogens with one attached hydrogen (secondary N) is 3. The lowest BCUT2D eigenvalue weighted by atomic mass is 10.1. The molecule has 1 rings (SSSR count). The summed E-state index contributed by atoms with van der Waals surface area (Å²) in [5.41, 5.74) is -0.0384. The Bertz CT molecular complexity index is 581. The average molecular weight is 322 g/mol. The van der Waals surface area contributed by atoms with Crippen molar-refractivity contribution >= 4 is 23.2 Å². The van der Waals surface area contributed by atoms with E-state index in [1.165, 1.54) is 6.07 Å². The van der Waals surface area contributed by atoms with Crippen LogP contribution in [0.15, 0.2) is 24.3 Å². The molecule has 0 saturated carbocycles. The molecule has 0 atom stereocenters. The fourth-order valence-corrected chi connectivity index (χ4v) is 1.82. The van der Waals surface area contributed by atoms with Crippen LogP contribution in [0.2, 0.25) is 0 Å². The summed E-state index contributed by atoms with van der Waals surface area (Å²) in [7, 11) is 0. The number of nitrogens with zero attached hydrogens (tertiary/aromatic N) is 1. The Balaban J connectivity index is 2.35. The van der Waals surface area contributed by atoms with E-state index in [0.29, 0.717) is 5.69 Å². The largest absolute Gasteiger partial charge is 0.379 e. The molecule has 2 amide bonds. The highest BCUT2D eigenvalue weighted by Gasteiger charge is 2.15. The van der Waals surface area contributed by atoms with Gasteiger partial charge >= 0.3 is 0 Å². The van der Waals surface area contributed by atoms with Crippen molar-refractivity contribution in [2.45, 2.75) is 32.7 Å². The Morgan fingerprint density at radius 3 is 2.43 bits per heavy atom. The lowest BCUT2D eigenvalue weighted by molar-refractivity contribution is -0.384. The maximum absolute atomic E-state index is 11.7. The number of anilines is 1. The Labute approximate surface area is 134 Å². The van der Waals surface area contributed by atoms with E-state index in [4.69, 9.17) is 0 Å². The molecule has 8 nitrogen and oxygen atoms in total. The summed E-state index contributed by atoms with van der Waals surface area (Å²) in [6.07, 6.45) is 0.106. The Hall–Kier alpha value is -2.64. The third kappa shape index (κ3) is 7.25. The van der Waals surface area contributed by atoms with Gasteiger partial charge in [0.1, 0.15) is 5.69 Å². The van der Waals surface area contributed by atoms with E-state index in [0.717, 1.165) is 0 Å². The highest BCUT2D eigenvalue weighted by Crippen LogP contribution is 2.22. The second-order valence-corrected chi connectivity index (χ2v) is 6.03. The first-order valence-corrected chi connectivity index (χ1v) is 7.24. The fourth-order valence-electron chi connectivity index (χ4n) is 1.82. The lowest BCUT2D eigenvalue weighted by Crippen LogP contribution is -2.46. The zero-order valence-corrected chi connectivity index (χ0v) is 13.5. The molecule has 126 valence electrons. The predicted octanol–water partition coefficient (Wildman–Crippen LogP) is 1.43. The van der Waals surface area contributed by atoms with E-state index in [9.17, 15) is 19.7 Å². The standard InChI is InChI=1S/C15H22N4O4/c1-15(2,3)18-14(21)10-17-13(20)8-9-16-11-6-4-5-7-12(11)19(22)23/h4-7,16H,8-10H2,1-3H3,(H,17,20)(H,18,21). The van der Waals surface area contributed by atoms with Gasteiger partial charge in [-0.2, -0.15) is 0 Å². The maximum atomic E-state index is 11.7. The van der Waals surface area contributed by atoms with Gasteiger partial charge in [0.25, 0.3) is 5.69 Å². The molecule has 0 aromatic heterocycles. The number of rotatable bonds is 7. The number of para-hydroxylation sites is 2. The minimum Gasteiger partial charge on any atom is -0.379 e. The molecule has 3 N–H and O–H groups in total. The van der Waals surface area contributed by atoms with Gasteiger partial charge in [-0.25, -0.2) is 0 Å². The second-order valence-electron chi connectivity index (χ2n) is 6.03. The quantitative estimate of drug-likeness (QED) is 0.519. The number of nitro benzene ring substituents is 1. The van der Waals surface area contributed by atoms with Crippen LogP contribution >= 0.6 is 0 Å². The minimum absolute atomic E-state index is 0.0440. The number of hydrogen-bond donors (Lipinski definition) is 3. The van der Waals surface area contributed by atoms with Gasteiger partial charge in [0.05, 0.1) is 11.5 Å². The smallest absolute Gasteiger partial charge is 0.292 e. The summed E-state index contributed by atoms with van der Waals surface area (Å²) in [6.45, 7) is 5.69. The molecule has 0 aliphatic carbocycles. The number of hydrogen-bond acceptors (Lipinski definition) is 5. The number of amides is 2. The average Bonchev–Trinajstić information content (AvgIpc) is 2.43. The zero-order valence-electron chi connectivity index (χ0n) is 13.5. The SMILES string of the molecule is CC(C)(C)NC(=O)CNC(=O)CCNc1ccccc1[N+](=O)[O-]. The highest BCUT2D eigenvalue weighted by molar-refractivity contribution is 5.85. The summed E-state index contributed by atoms with van der Waals surface area (Å²) in [5, 5.41) is 18.9. The predicted molar refractivity (Wildman–Crippen MR) is 87.1 cm³/mol. The van der Waals surface area contributed by atoms with Crippen LogP contribution in [0.3, 0.4) is 0 Å². The molecule has 0 spiro atoms. The van der Waals surface area contributed by atoms with E-state index in [1.807, 2.05) is 20.8 Å². The van der Waals surface area contributed by atoms with E-state index >= 15 is 0 Å². The first kappa shape index (κ1) is 18.4. The Kier molecular flexibility index (Phi) is 6.49. The van der Waals surface area contributed by atoms with Crippen LogP contribution in [0.1, 0.15) is 27.2 Å². The van der Waals surface area contributed by atoms with Gasteiger partial charge in [-0.3, -0.25) is 19.7 Å². The molecule has 0 bridgehead atoms. The number of carbonyl (C=O) groups is 2. The molecule has 0 aliphatic heterocycles. The molecule has 0 heterocycles. The van der Waals surface area contributed by atoms with E-state index in [1.54, 1.807) is 18.2 Å². The third-order valence-electron chi connectivity index (χ3n) is 2.73. The third-order valence-corrected chi connectivity index (χ3v) is 2.73. The maximum Gasteiger partial charge on any atom is 0.292 e. The van der Waals surface area contributed by atoms with E-state index in [-0.39, 0.29) is 42.6 Å². The molecule has 8 heteroatoms. The van der Waals surface area contributed by atoms with E-state index < -0.39 is 4.92 Å². The number of benzene rings is 1. The fraction of sp³-hybridized carbons (Fsp3) is 0.467. The molecule has 1 aromatic carbocycles. The van der Waals surface area contributed by atoms with Crippen molar-refractivity contribution in [1.82, 2.24) is 10.6 Å². The molecule has 0 aliphatic rings. The summed E-state index contributed by atoms with van der Waals surface area (Å²) >= 11 is 0. The van der Waals surface area contributed by atoms with Crippen molar-refractivity contribution in [2.24, 2.45) is 0 Å². The van der Waals surface area contributed by atoms with Crippen molar-refractivity contribution < 1.29 is 14.5 Å². The lowest BCUT2D eigenvalue weighted by Gasteiger charge is -2.20. The van der Waals surface area contributed by atoms with Crippen LogP contribution in [0.4, 0.5) is 11.4 Å². The van der Waals surface area contributed by atoms with Gasteiger partial charge in [-0.05, 0) is 26.8 Å². The monoisotopic (exact) mass is 322 g/mol. The summed E-state index contributed by atoms with van der Waals surface area (Å²) in [5.74, 6) is -0.572. The van der Waals surface area contributed by atoms with Crippen molar-refractivity contribution in [2.75, 3.05) is 18.4 Å². The van der Waals surface area contributed by atoms with Crippen molar-refractivity contribution in [3.63, 3.8) is 0 Å². The zero-order chi connectivity index (χ0) is 17.5. The summed E-state index contributed by atoms with van der Waals surface area (Å²) in [6, 6.07) is 6.21. The van der Waals surface area contributed by atoms with Crippen LogP contribution < -0.4 is 16.0 Å². The highest BCUT2D eigenvalue weighted by atomic mass is 16.6. The summed E-state index contributed by atoms with van der Waals surface area (Å²) in [4.78, 5) is 33.6. The van der Waals surface area contributed by atoms with Gasteiger partial charge in [0.15, 0.2) is 0 Å². The van der Waals surface area contributed by atoms with Crippen LogP contribution in [-0.4, -0.2) is 35.4 Å². The van der Waals surface area contributed by atoms with E-state index in [2.05, 4.69) is 16.0 Å². The number of carbonyl (C=O) groups excluding carboxylic acids is 2. The minimum atomic E-state index is -0.487. The van der Waals surface area contributed by atoms with Crippen LogP contribution in [-0.2, 0) is 9.59 Å². The van der Waals surface area contributed by atoms with Gasteiger partial charge in [-0.15, -0.1) is 0 Å². The molecular formula is C15H22N4O4. The normalized spacial score (nSPS) is 10.7. The summed E-state index contributed by atoms with van der Waals surface area (Å²) < 4.78 is 0. The molecule has 0 radical (unpaired) electrons. The molecular weight excluding hydrogens is 300 g/mol. The van der Waals surface area contributed by atoms with Gasteiger partial charge in [-0.1, -0.05) is 12.1 Å². The Morgan fingerprint density at radius 1 is 1.17 bits per heavy atom.